The molecule has 3 N–H and O–H groups in total. The van der Waals surface area contributed by atoms with Gasteiger partial charge in [-0.1, -0.05) is 33.1 Å². The molecule has 0 bridgehead atoms. The van der Waals surface area contributed by atoms with Gasteiger partial charge in [-0.3, -0.25) is 10.1 Å². The van der Waals surface area contributed by atoms with E-state index in [2.05, 4.69) is 10.6 Å². The third-order valence-electron chi connectivity index (χ3n) is 4.43. The SMILES string of the molecule is CC(C)[C@@H](O)CN1C=C(C#N)C(=O)N[C@H]1NC1CCCCC1. The Hall–Kier alpha value is -1.58. The number of rotatable bonds is 5. The number of hydrogen-bond donors (Lipinski definition) is 3. The predicted octanol–water partition coefficient (Wildman–Crippen LogP) is 1.05. The lowest BCUT2D eigenvalue weighted by molar-refractivity contribution is -0.120. The Kier molecular flexibility index (Phi) is 5.81. The zero-order valence-corrected chi connectivity index (χ0v) is 13.4. The summed E-state index contributed by atoms with van der Waals surface area (Å²) < 4.78 is 0. The molecule has 6 heteroatoms. The maximum absolute atomic E-state index is 11.9. The van der Waals surface area contributed by atoms with Crippen molar-refractivity contribution in [2.75, 3.05) is 6.54 Å². The molecule has 1 aliphatic carbocycles. The first-order valence-electron chi connectivity index (χ1n) is 8.14. The minimum atomic E-state index is -0.512. The maximum atomic E-state index is 11.9. The monoisotopic (exact) mass is 306 g/mol. The Morgan fingerprint density at radius 1 is 1.45 bits per heavy atom. The van der Waals surface area contributed by atoms with Crippen LogP contribution in [0.1, 0.15) is 46.0 Å². The number of aliphatic hydroxyl groups excluding tert-OH is 1. The number of nitrogens with zero attached hydrogens (tertiary/aromatic N) is 2. The van der Waals surface area contributed by atoms with Crippen LogP contribution in [-0.4, -0.2) is 40.9 Å². The van der Waals surface area contributed by atoms with Gasteiger partial charge in [0.25, 0.3) is 5.91 Å². The molecule has 1 saturated carbocycles. The summed E-state index contributed by atoms with van der Waals surface area (Å²) in [5, 5.41) is 25.5. The Morgan fingerprint density at radius 2 is 2.14 bits per heavy atom. The summed E-state index contributed by atoms with van der Waals surface area (Å²) in [5.41, 5.74) is 0.0812. The van der Waals surface area contributed by atoms with Crippen LogP contribution in [0, 0.1) is 17.2 Å². The van der Waals surface area contributed by atoms with Crippen LogP contribution in [0.3, 0.4) is 0 Å². The molecule has 0 aromatic carbocycles. The van der Waals surface area contributed by atoms with Gasteiger partial charge in [0.05, 0.1) is 6.10 Å². The third kappa shape index (κ3) is 4.21. The molecule has 2 atom stereocenters. The molecule has 1 heterocycles. The van der Waals surface area contributed by atoms with Crippen molar-refractivity contribution in [2.24, 2.45) is 5.92 Å². The van der Waals surface area contributed by atoms with Crippen molar-refractivity contribution in [1.29, 1.82) is 5.26 Å². The summed E-state index contributed by atoms with van der Waals surface area (Å²) in [6.07, 6.45) is 6.55. The fourth-order valence-electron chi connectivity index (χ4n) is 2.88. The van der Waals surface area contributed by atoms with Crippen molar-refractivity contribution in [3.05, 3.63) is 11.8 Å². The highest BCUT2D eigenvalue weighted by molar-refractivity contribution is 5.97. The van der Waals surface area contributed by atoms with Gasteiger partial charge in [0.15, 0.2) is 6.29 Å². The number of aliphatic hydroxyl groups is 1. The number of nitriles is 1. The molecule has 1 amide bonds. The average molecular weight is 306 g/mol. The molecule has 2 aliphatic rings. The van der Waals surface area contributed by atoms with E-state index in [4.69, 9.17) is 5.26 Å². The van der Waals surface area contributed by atoms with E-state index in [-0.39, 0.29) is 23.7 Å². The quantitative estimate of drug-likeness (QED) is 0.706. The highest BCUT2D eigenvalue weighted by Crippen LogP contribution is 2.19. The van der Waals surface area contributed by atoms with Crippen LogP contribution in [0.15, 0.2) is 11.8 Å². The van der Waals surface area contributed by atoms with E-state index in [0.717, 1.165) is 12.8 Å². The fraction of sp³-hybridized carbons (Fsp3) is 0.750. The van der Waals surface area contributed by atoms with Crippen molar-refractivity contribution in [3.63, 3.8) is 0 Å². The van der Waals surface area contributed by atoms with Gasteiger partial charge in [-0.15, -0.1) is 0 Å². The van der Waals surface area contributed by atoms with Crippen LogP contribution in [0.4, 0.5) is 0 Å². The summed E-state index contributed by atoms with van der Waals surface area (Å²) >= 11 is 0. The molecular formula is C16H26N4O2. The van der Waals surface area contributed by atoms with E-state index in [1.54, 1.807) is 6.20 Å². The molecule has 1 fully saturated rings. The molecule has 0 spiro atoms. The van der Waals surface area contributed by atoms with Crippen LogP contribution in [-0.2, 0) is 4.79 Å². The molecule has 1 aliphatic heterocycles. The summed E-state index contributed by atoms with van der Waals surface area (Å²) in [7, 11) is 0. The second kappa shape index (κ2) is 7.61. The van der Waals surface area contributed by atoms with Crippen LogP contribution in [0.25, 0.3) is 0 Å². The standard InChI is InChI=1S/C16H26N4O2/c1-11(2)14(21)10-20-9-12(8-17)15(22)19-16(20)18-13-6-4-3-5-7-13/h9,11,13-14,16,18,21H,3-7,10H2,1-2H3,(H,19,22)/t14-,16+/m0/s1. The van der Waals surface area contributed by atoms with Gasteiger partial charge in [0.1, 0.15) is 11.6 Å². The number of carbonyl (C=O) groups is 1. The minimum absolute atomic E-state index is 0.0812. The van der Waals surface area contributed by atoms with Crippen molar-refractivity contribution in [2.45, 2.75) is 64.4 Å². The van der Waals surface area contributed by atoms with Gasteiger partial charge in [-0.2, -0.15) is 5.26 Å². The summed E-state index contributed by atoms with van der Waals surface area (Å²) in [6, 6.07) is 2.28. The lowest BCUT2D eigenvalue weighted by Gasteiger charge is -2.39. The van der Waals surface area contributed by atoms with E-state index in [9.17, 15) is 9.90 Å². The van der Waals surface area contributed by atoms with Crippen molar-refractivity contribution in [1.82, 2.24) is 15.5 Å². The normalized spacial score (nSPS) is 24.7. The maximum Gasteiger partial charge on any atom is 0.266 e. The van der Waals surface area contributed by atoms with Crippen molar-refractivity contribution < 1.29 is 9.90 Å². The molecular weight excluding hydrogens is 280 g/mol. The Bertz CT molecular complexity index is 463. The van der Waals surface area contributed by atoms with Crippen molar-refractivity contribution in [3.8, 4) is 6.07 Å². The van der Waals surface area contributed by atoms with E-state index in [1.165, 1.54) is 19.3 Å². The van der Waals surface area contributed by atoms with E-state index in [0.29, 0.717) is 12.6 Å². The molecule has 0 aromatic rings. The first kappa shape index (κ1) is 16.8. The van der Waals surface area contributed by atoms with Gasteiger partial charge < -0.3 is 15.3 Å². The molecule has 0 unspecified atom stereocenters. The van der Waals surface area contributed by atoms with Crippen LogP contribution in [0.5, 0.6) is 0 Å². The molecule has 22 heavy (non-hydrogen) atoms. The van der Waals surface area contributed by atoms with Gasteiger partial charge >= 0.3 is 0 Å². The van der Waals surface area contributed by atoms with Crippen LogP contribution < -0.4 is 10.6 Å². The van der Waals surface area contributed by atoms with E-state index in [1.807, 2.05) is 24.8 Å². The van der Waals surface area contributed by atoms with Gasteiger partial charge in [-0.05, 0) is 18.8 Å². The molecule has 6 nitrogen and oxygen atoms in total. The summed E-state index contributed by atoms with van der Waals surface area (Å²) in [5.74, 6) is -0.238. The largest absolute Gasteiger partial charge is 0.391 e. The number of β-amino-alcohol motifs (C(OH)–C–C–N with tert-alkyl or cyclic N) is 1. The fourth-order valence-corrected chi connectivity index (χ4v) is 2.88. The van der Waals surface area contributed by atoms with Crippen molar-refractivity contribution >= 4 is 5.91 Å². The first-order valence-corrected chi connectivity index (χ1v) is 8.14. The summed E-state index contributed by atoms with van der Waals surface area (Å²) in [4.78, 5) is 13.7. The first-order chi connectivity index (χ1) is 10.5. The Morgan fingerprint density at radius 3 is 2.73 bits per heavy atom. The van der Waals surface area contributed by atoms with Crippen LogP contribution >= 0.6 is 0 Å². The van der Waals surface area contributed by atoms with E-state index < -0.39 is 6.10 Å². The van der Waals surface area contributed by atoms with E-state index >= 15 is 0 Å². The molecule has 0 radical (unpaired) electrons. The highest BCUT2D eigenvalue weighted by Gasteiger charge is 2.30. The number of nitrogens with one attached hydrogen (secondary N) is 2. The molecule has 2 rings (SSSR count). The second-order valence-electron chi connectivity index (χ2n) is 6.54. The topological polar surface area (TPSA) is 88.4 Å². The summed E-state index contributed by atoms with van der Waals surface area (Å²) in [6.45, 7) is 4.28. The van der Waals surface area contributed by atoms with Gasteiger partial charge in [-0.25, -0.2) is 0 Å². The lowest BCUT2D eigenvalue weighted by Crippen LogP contribution is -2.61. The number of hydrogen-bond acceptors (Lipinski definition) is 5. The lowest BCUT2D eigenvalue weighted by atomic mass is 9.95. The zero-order chi connectivity index (χ0) is 16.1. The van der Waals surface area contributed by atoms with Crippen LogP contribution in [0.2, 0.25) is 0 Å². The smallest absolute Gasteiger partial charge is 0.266 e. The Labute approximate surface area is 132 Å². The number of carbonyl (C=O) groups excluding carboxylic acids is 1. The average Bonchev–Trinajstić information content (AvgIpc) is 2.50. The third-order valence-corrected chi connectivity index (χ3v) is 4.43. The molecule has 0 saturated heterocycles. The molecule has 0 aromatic heterocycles. The second-order valence-corrected chi connectivity index (χ2v) is 6.54. The number of amides is 1. The zero-order valence-electron chi connectivity index (χ0n) is 13.4. The van der Waals surface area contributed by atoms with Gasteiger partial charge in [0, 0.05) is 18.8 Å². The Balaban J connectivity index is 2.08. The highest BCUT2D eigenvalue weighted by atomic mass is 16.3. The molecule has 122 valence electrons. The van der Waals surface area contributed by atoms with Gasteiger partial charge in [0.2, 0.25) is 0 Å². The predicted molar refractivity (Wildman–Crippen MR) is 83.2 cm³/mol. The minimum Gasteiger partial charge on any atom is -0.391 e.